The fourth-order valence-corrected chi connectivity index (χ4v) is 7.65. The van der Waals surface area contributed by atoms with Gasteiger partial charge in [-0.05, 0) is 59.7 Å². The summed E-state index contributed by atoms with van der Waals surface area (Å²) in [4.78, 5) is 29.8. The number of hydrogen-bond acceptors (Lipinski definition) is 6. The molecule has 0 bridgehead atoms. The molecule has 0 N–H and O–H groups in total. The third-order valence-corrected chi connectivity index (χ3v) is 10.7. The van der Waals surface area contributed by atoms with Crippen molar-refractivity contribution in [3.05, 3.63) is 194 Å². The molecule has 11 aromatic rings. The van der Waals surface area contributed by atoms with E-state index in [9.17, 15) is 0 Å². The summed E-state index contributed by atoms with van der Waals surface area (Å²) >= 11 is 0. The molecule has 270 valence electrons. The van der Waals surface area contributed by atoms with Gasteiger partial charge >= 0.3 is 0 Å². The van der Waals surface area contributed by atoms with Gasteiger partial charge in [-0.25, -0.2) is 24.9 Å². The van der Waals surface area contributed by atoms with Crippen molar-refractivity contribution in [2.75, 3.05) is 0 Å². The van der Waals surface area contributed by atoms with Gasteiger partial charge in [-0.1, -0.05) is 140 Å². The molecule has 5 heterocycles. The Labute approximate surface area is 334 Å². The maximum absolute atomic E-state index is 5.15. The number of hydrogen-bond donors (Lipinski definition) is 0. The van der Waals surface area contributed by atoms with Gasteiger partial charge in [-0.15, -0.1) is 0 Å². The minimum absolute atomic E-state index is 0.669. The molecule has 0 radical (unpaired) electrons. The highest BCUT2D eigenvalue weighted by Crippen LogP contribution is 2.32. The number of nitrogens with zero attached hydrogens (tertiary/aromatic N) is 6. The van der Waals surface area contributed by atoms with E-state index in [0.717, 1.165) is 105 Å². The summed E-state index contributed by atoms with van der Waals surface area (Å²) in [5, 5.41) is 4.30. The van der Waals surface area contributed by atoms with Crippen molar-refractivity contribution in [2.45, 2.75) is 0 Å². The van der Waals surface area contributed by atoms with Gasteiger partial charge in [0.05, 0.1) is 50.5 Å². The number of pyridine rings is 4. The predicted octanol–water partition coefficient (Wildman–Crippen LogP) is 12.7. The van der Waals surface area contributed by atoms with Crippen LogP contribution in [0.15, 0.2) is 194 Å². The molecule has 0 fully saturated rings. The number of rotatable bonds is 6. The zero-order valence-electron chi connectivity index (χ0n) is 31.2. The highest BCUT2D eigenvalue weighted by atomic mass is 14.9. The zero-order valence-corrected chi connectivity index (χ0v) is 31.2. The minimum Gasteiger partial charge on any atom is -0.254 e. The van der Waals surface area contributed by atoms with Crippen LogP contribution in [0.1, 0.15) is 0 Å². The van der Waals surface area contributed by atoms with Crippen LogP contribution in [0.5, 0.6) is 0 Å². The second-order valence-electron chi connectivity index (χ2n) is 14.4. The van der Waals surface area contributed by atoms with Crippen molar-refractivity contribution in [1.29, 1.82) is 0 Å². The summed E-state index contributed by atoms with van der Waals surface area (Å²) in [5.41, 5.74) is 14.2. The molecule has 0 aliphatic heterocycles. The van der Waals surface area contributed by atoms with E-state index in [4.69, 9.17) is 24.9 Å². The third-order valence-electron chi connectivity index (χ3n) is 10.7. The average Bonchev–Trinajstić information content (AvgIpc) is 3.31. The normalized spacial score (nSPS) is 11.4. The SMILES string of the molecule is c1ccc(-c2cc(-c3ccc4ccc(-c5ccc6nc(-c7ccc(-c8ccc9ccc%10cccnc%10c9n8)cc7)ccc6c5)cc4n3)nc(-c3ccccc3)n2)cc1. The fraction of sp³-hybridized carbons (Fsp3) is 0. The summed E-state index contributed by atoms with van der Waals surface area (Å²) in [6, 6.07) is 64.5. The van der Waals surface area contributed by atoms with E-state index in [-0.39, 0.29) is 0 Å². The Hall–Kier alpha value is -7.96. The molecule has 6 heteroatoms. The standard InChI is InChI=1S/C52H32N6/c1-3-8-33(9-4-1)48-32-49(58-52(57-48)39-10-5-2-6-11-39)46-28-21-36-17-20-41(31-47(36)55-46)40-23-26-45-42(30-40)24-27-43(54-45)34-13-15-35(16-14-34)44-25-22-38-19-18-37-12-7-29-53-50(37)51(38)56-44/h1-32H. The molecule has 0 aliphatic carbocycles. The maximum atomic E-state index is 5.15. The van der Waals surface area contributed by atoms with Gasteiger partial charge in [0.25, 0.3) is 0 Å². The average molecular weight is 741 g/mol. The Morgan fingerprint density at radius 2 is 0.810 bits per heavy atom. The van der Waals surface area contributed by atoms with Crippen molar-refractivity contribution in [3.63, 3.8) is 0 Å². The van der Waals surface area contributed by atoms with Gasteiger partial charge in [-0.3, -0.25) is 4.98 Å². The first-order valence-corrected chi connectivity index (χ1v) is 19.3. The highest BCUT2D eigenvalue weighted by molar-refractivity contribution is 6.03. The molecule has 0 unspecified atom stereocenters. The number of fused-ring (bicyclic) bond motifs is 5. The van der Waals surface area contributed by atoms with Crippen LogP contribution in [0.25, 0.3) is 111 Å². The van der Waals surface area contributed by atoms with E-state index in [0.29, 0.717) is 5.82 Å². The lowest BCUT2D eigenvalue weighted by atomic mass is 10.0. The predicted molar refractivity (Wildman–Crippen MR) is 236 cm³/mol. The van der Waals surface area contributed by atoms with Gasteiger partial charge in [0.2, 0.25) is 0 Å². The van der Waals surface area contributed by atoms with E-state index in [2.05, 4.69) is 126 Å². The molecule has 0 saturated carbocycles. The Bertz CT molecular complexity index is 3270. The topological polar surface area (TPSA) is 77.3 Å². The smallest absolute Gasteiger partial charge is 0.160 e. The molecular formula is C52H32N6. The Morgan fingerprint density at radius 1 is 0.259 bits per heavy atom. The van der Waals surface area contributed by atoms with E-state index in [1.807, 2.05) is 72.9 Å². The molecule has 0 spiro atoms. The summed E-state index contributed by atoms with van der Waals surface area (Å²) in [7, 11) is 0. The van der Waals surface area contributed by atoms with Gasteiger partial charge < -0.3 is 0 Å². The van der Waals surface area contributed by atoms with Crippen molar-refractivity contribution >= 4 is 43.6 Å². The van der Waals surface area contributed by atoms with E-state index < -0.39 is 0 Å². The lowest BCUT2D eigenvalue weighted by Gasteiger charge is -2.10. The fourth-order valence-electron chi connectivity index (χ4n) is 7.65. The van der Waals surface area contributed by atoms with Gasteiger partial charge in [0.1, 0.15) is 0 Å². The molecule has 11 rings (SSSR count). The minimum atomic E-state index is 0.669. The van der Waals surface area contributed by atoms with Crippen LogP contribution in [0.3, 0.4) is 0 Å². The molecular weight excluding hydrogens is 709 g/mol. The first-order chi connectivity index (χ1) is 28.7. The second-order valence-corrected chi connectivity index (χ2v) is 14.4. The van der Waals surface area contributed by atoms with Crippen LogP contribution >= 0.6 is 0 Å². The van der Waals surface area contributed by atoms with Crippen LogP contribution in [0.2, 0.25) is 0 Å². The molecule has 0 atom stereocenters. The molecule has 0 saturated heterocycles. The van der Waals surface area contributed by atoms with Crippen LogP contribution in [-0.4, -0.2) is 29.9 Å². The first-order valence-electron chi connectivity index (χ1n) is 19.3. The molecule has 0 amide bonds. The number of aromatic nitrogens is 6. The zero-order chi connectivity index (χ0) is 38.4. The van der Waals surface area contributed by atoms with Crippen molar-refractivity contribution in [2.24, 2.45) is 0 Å². The largest absolute Gasteiger partial charge is 0.254 e. The lowest BCUT2D eigenvalue weighted by molar-refractivity contribution is 1.17. The molecule has 0 aliphatic rings. The summed E-state index contributed by atoms with van der Waals surface area (Å²) in [6.45, 7) is 0. The Kier molecular flexibility index (Phi) is 8.04. The monoisotopic (exact) mass is 740 g/mol. The van der Waals surface area contributed by atoms with E-state index >= 15 is 0 Å². The van der Waals surface area contributed by atoms with E-state index in [1.165, 1.54) is 0 Å². The first kappa shape index (κ1) is 33.4. The quantitative estimate of drug-likeness (QED) is 0.158. The summed E-state index contributed by atoms with van der Waals surface area (Å²) in [5.74, 6) is 0.669. The van der Waals surface area contributed by atoms with Crippen LogP contribution < -0.4 is 0 Å². The molecule has 6 aromatic carbocycles. The van der Waals surface area contributed by atoms with Crippen LogP contribution in [0, 0.1) is 0 Å². The molecule has 6 nitrogen and oxygen atoms in total. The van der Waals surface area contributed by atoms with Crippen LogP contribution in [0.4, 0.5) is 0 Å². The van der Waals surface area contributed by atoms with Crippen molar-refractivity contribution in [1.82, 2.24) is 29.9 Å². The summed E-state index contributed by atoms with van der Waals surface area (Å²) in [6.07, 6.45) is 1.82. The van der Waals surface area contributed by atoms with Gasteiger partial charge in [-0.2, -0.15) is 0 Å². The second kappa shape index (κ2) is 14.0. The highest BCUT2D eigenvalue weighted by Gasteiger charge is 2.13. The third kappa shape index (κ3) is 6.19. The molecule has 58 heavy (non-hydrogen) atoms. The molecule has 5 aromatic heterocycles. The summed E-state index contributed by atoms with van der Waals surface area (Å²) < 4.78 is 0. The maximum Gasteiger partial charge on any atom is 0.160 e. The van der Waals surface area contributed by atoms with Crippen molar-refractivity contribution < 1.29 is 0 Å². The van der Waals surface area contributed by atoms with Gasteiger partial charge in [0, 0.05) is 50.0 Å². The Morgan fingerprint density at radius 3 is 1.60 bits per heavy atom. The van der Waals surface area contributed by atoms with Crippen molar-refractivity contribution in [3.8, 4) is 67.7 Å². The van der Waals surface area contributed by atoms with E-state index in [1.54, 1.807) is 0 Å². The number of benzene rings is 6. The van der Waals surface area contributed by atoms with Crippen LogP contribution in [-0.2, 0) is 0 Å². The Balaban J connectivity index is 0.888. The van der Waals surface area contributed by atoms with Gasteiger partial charge in [0.15, 0.2) is 5.82 Å². The lowest BCUT2D eigenvalue weighted by Crippen LogP contribution is -1.97.